The van der Waals surface area contributed by atoms with Gasteiger partial charge in [0.1, 0.15) is 11.5 Å². The number of aliphatic hydroxyl groups is 2. The van der Waals surface area contributed by atoms with Gasteiger partial charge in [0, 0.05) is 24.3 Å². The van der Waals surface area contributed by atoms with E-state index in [4.69, 9.17) is 19.1 Å². The summed E-state index contributed by atoms with van der Waals surface area (Å²) >= 11 is 2.56. The van der Waals surface area contributed by atoms with Gasteiger partial charge in [0.2, 0.25) is 0 Å². The number of ether oxygens (including phenoxy) is 2. The van der Waals surface area contributed by atoms with Crippen molar-refractivity contribution in [1.82, 2.24) is 0 Å². The fourth-order valence-corrected chi connectivity index (χ4v) is 6.99. The minimum absolute atomic E-state index is 0.280. The normalized spacial score (nSPS) is 30.7. The number of methoxy groups -OCH3 is 2. The molecule has 0 bridgehead atoms. The summed E-state index contributed by atoms with van der Waals surface area (Å²) in [6.07, 6.45) is -0.0246. The molecule has 5 rings (SSSR count). The Morgan fingerprint density at radius 1 is 0.735 bits per heavy atom. The van der Waals surface area contributed by atoms with E-state index in [0.717, 1.165) is 34.0 Å². The van der Waals surface area contributed by atoms with Crippen LogP contribution in [0.25, 0.3) is 0 Å². The standard InChI is InChI=1S/C24H26N2O6S2/c1-29-17-7-3-15(4-8-17)19-11-21(31-25-19)23(27)13-34-24(28,14-33-23)22-12-20(26-32-22)16-5-9-18(30-2)10-6-16/h3-10,21-22,27-28H,11-14H2,1-2H3. The van der Waals surface area contributed by atoms with Crippen LogP contribution in [0, 0.1) is 0 Å². The van der Waals surface area contributed by atoms with Crippen LogP contribution in [0.15, 0.2) is 58.8 Å². The summed E-state index contributed by atoms with van der Waals surface area (Å²) in [4.78, 5) is 8.92. The topological polar surface area (TPSA) is 102 Å². The van der Waals surface area contributed by atoms with E-state index < -0.39 is 22.1 Å². The van der Waals surface area contributed by atoms with E-state index in [1.807, 2.05) is 48.5 Å². The Labute approximate surface area is 206 Å². The van der Waals surface area contributed by atoms with Gasteiger partial charge in [-0.25, -0.2) is 0 Å². The van der Waals surface area contributed by atoms with Crippen molar-refractivity contribution in [1.29, 1.82) is 0 Å². The fourth-order valence-electron chi connectivity index (χ4n) is 4.06. The largest absolute Gasteiger partial charge is 0.497 e. The summed E-state index contributed by atoms with van der Waals surface area (Å²) in [6.45, 7) is 0. The van der Waals surface area contributed by atoms with Gasteiger partial charge in [0.05, 0.1) is 25.6 Å². The quantitative estimate of drug-likeness (QED) is 0.621. The third-order valence-electron chi connectivity index (χ3n) is 6.25. The summed E-state index contributed by atoms with van der Waals surface area (Å²) in [5.74, 6) is 2.10. The van der Waals surface area contributed by atoms with E-state index in [9.17, 15) is 10.2 Å². The summed E-state index contributed by atoms with van der Waals surface area (Å²) < 4.78 is 10.4. The van der Waals surface area contributed by atoms with Crippen molar-refractivity contribution >= 4 is 34.9 Å². The van der Waals surface area contributed by atoms with Crippen LogP contribution < -0.4 is 9.47 Å². The van der Waals surface area contributed by atoms with E-state index >= 15 is 0 Å². The molecule has 2 aromatic rings. The van der Waals surface area contributed by atoms with Crippen molar-refractivity contribution in [2.24, 2.45) is 10.3 Å². The Morgan fingerprint density at radius 2 is 1.12 bits per heavy atom. The van der Waals surface area contributed by atoms with E-state index in [1.165, 1.54) is 23.5 Å². The number of benzene rings is 2. The number of hydrogen-bond donors (Lipinski definition) is 2. The molecule has 2 aromatic carbocycles. The number of oxime groups is 2. The zero-order chi connectivity index (χ0) is 23.8. The molecule has 3 heterocycles. The third kappa shape index (κ3) is 4.47. The molecule has 3 aliphatic rings. The Bertz CT molecular complexity index is 994. The first kappa shape index (κ1) is 23.3. The molecule has 1 fully saturated rings. The lowest BCUT2D eigenvalue weighted by Gasteiger charge is -2.42. The number of hydrogen-bond acceptors (Lipinski definition) is 10. The molecule has 2 N–H and O–H groups in total. The maximum absolute atomic E-state index is 11.3. The highest BCUT2D eigenvalue weighted by Crippen LogP contribution is 2.49. The minimum Gasteiger partial charge on any atom is -0.497 e. The molecule has 0 aliphatic carbocycles. The maximum Gasteiger partial charge on any atom is 0.171 e. The van der Waals surface area contributed by atoms with Crippen LogP contribution in [0.1, 0.15) is 24.0 Å². The van der Waals surface area contributed by atoms with Crippen molar-refractivity contribution in [3.63, 3.8) is 0 Å². The Balaban J connectivity index is 1.18. The molecule has 1 saturated heterocycles. The molecule has 0 amide bonds. The van der Waals surface area contributed by atoms with Gasteiger partial charge in [0.15, 0.2) is 22.1 Å². The lowest BCUT2D eigenvalue weighted by molar-refractivity contribution is -0.0408. The number of rotatable bonds is 6. The first-order chi connectivity index (χ1) is 16.4. The van der Waals surface area contributed by atoms with Gasteiger partial charge in [-0.1, -0.05) is 10.3 Å². The zero-order valence-corrected chi connectivity index (χ0v) is 20.5. The summed E-state index contributed by atoms with van der Waals surface area (Å²) in [5.41, 5.74) is 3.42. The smallest absolute Gasteiger partial charge is 0.171 e. The second kappa shape index (κ2) is 9.33. The molecule has 0 aromatic heterocycles. The Morgan fingerprint density at radius 3 is 1.44 bits per heavy atom. The van der Waals surface area contributed by atoms with Crippen LogP contribution in [0.4, 0.5) is 0 Å². The minimum atomic E-state index is -1.17. The molecular weight excluding hydrogens is 476 g/mol. The molecule has 10 heteroatoms. The first-order valence-electron chi connectivity index (χ1n) is 10.9. The molecule has 3 aliphatic heterocycles. The predicted octanol–water partition coefficient (Wildman–Crippen LogP) is 3.25. The van der Waals surface area contributed by atoms with E-state index in [1.54, 1.807) is 14.2 Å². The van der Waals surface area contributed by atoms with E-state index in [-0.39, 0.29) is 11.5 Å². The van der Waals surface area contributed by atoms with Gasteiger partial charge >= 0.3 is 0 Å². The van der Waals surface area contributed by atoms with Crippen LogP contribution in [-0.2, 0) is 9.68 Å². The van der Waals surface area contributed by atoms with E-state index in [2.05, 4.69) is 10.3 Å². The summed E-state index contributed by atoms with van der Waals surface area (Å²) in [5, 5.41) is 31.0. The summed E-state index contributed by atoms with van der Waals surface area (Å²) in [7, 11) is 3.25. The Hall–Kier alpha value is -2.40. The van der Waals surface area contributed by atoms with Crippen LogP contribution in [0.5, 0.6) is 11.5 Å². The van der Waals surface area contributed by atoms with Crippen molar-refractivity contribution in [2.75, 3.05) is 25.7 Å². The van der Waals surface area contributed by atoms with Crippen LogP contribution in [0.3, 0.4) is 0 Å². The molecule has 8 nitrogen and oxygen atoms in total. The summed E-state index contributed by atoms with van der Waals surface area (Å²) in [6, 6.07) is 15.2. The Kier molecular flexibility index (Phi) is 6.41. The van der Waals surface area contributed by atoms with Gasteiger partial charge in [-0.15, -0.1) is 23.5 Å². The van der Waals surface area contributed by atoms with Gasteiger partial charge < -0.3 is 29.4 Å². The third-order valence-corrected chi connectivity index (χ3v) is 9.60. The average molecular weight is 503 g/mol. The highest BCUT2D eigenvalue weighted by molar-refractivity contribution is 8.07. The molecule has 0 saturated carbocycles. The lowest BCUT2D eigenvalue weighted by atomic mass is 10.0. The highest BCUT2D eigenvalue weighted by atomic mass is 32.2. The van der Waals surface area contributed by atoms with Crippen LogP contribution in [0.2, 0.25) is 0 Å². The van der Waals surface area contributed by atoms with Gasteiger partial charge in [-0.3, -0.25) is 0 Å². The van der Waals surface area contributed by atoms with Gasteiger partial charge in [0.25, 0.3) is 0 Å². The monoisotopic (exact) mass is 502 g/mol. The molecule has 4 atom stereocenters. The fraction of sp³-hybridized carbons (Fsp3) is 0.417. The molecule has 180 valence electrons. The van der Waals surface area contributed by atoms with Crippen LogP contribution in [-0.4, -0.2) is 69.4 Å². The number of nitrogens with zero attached hydrogens (tertiary/aromatic N) is 2. The van der Waals surface area contributed by atoms with Crippen molar-refractivity contribution < 1.29 is 29.4 Å². The highest BCUT2D eigenvalue weighted by Gasteiger charge is 2.54. The van der Waals surface area contributed by atoms with E-state index in [0.29, 0.717) is 12.8 Å². The van der Waals surface area contributed by atoms with Gasteiger partial charge in [-0.2, -0.15) is 0 Å². The molecule has 0 spiro atoms. The SMILES string of the molecule is COc1ccc(C2=NOC(C3(O)CSC(O)(C4CC(c5ccc(OC)cc5)=NO4)CS3)C2)cc1. The first-order valence-corrected chi connectivity index (χ1v) is 12.9. The second-order valence-electron chi connectivity index (χ2n) is 8.40. The van der Waals surface area contributed by atoms with Crippen molar-refractivity contribution in [3.05, 3.63) is 59.7 Å². The molecule has 0 radical (unpaired) electrons. The molecular formula is C24H26N2O6S2. The second-order valence-corrected chi connectivity index (χ2v) is 11.0. The van der Waals surface area contributed by atoms with Crippen molar-refractivity contribution in [2.45, 2.75) is 34.9 Å². The zero-order valence-electron chi connectivity index (χ0n) is 18.8. The maximum atomic E-state index is 11.3. The molecule has 4 unspecified atom stereocenters. The van der Waals surface area contributed by atoms with Gasteiger partial charge in [-0.05, 0) is 59.7 Å². The predicted molar refractivity (Wildman–Crippen MR) is 133 cm³/mol. The average Bonchev–Trinajstić information content (AvgIpc) is 3.58. The lowest BCUT2D eigenvalue weighted by Crippen LogP contribution is -2.53. The molecule has 34 heavy (non-hydrogen) atoms. The van der Waals surface area contributed by atoms with Crippen molar-refractivity contribution in [3.8, 4) is 11.5 Å². The van der Waals surface area contributed by atoms with Crippen LogP contribution >= 0.6 is 23.5 Å². The number of thioether (sulfide) groups is 2.